The van der Waals surface area contributed by atoms with Crippen LogP contribution in [-0.4, -0.2) is 60.0 Å². The quantitative estimate of drug-likeness (QED) is 0.0720. The SMILES string of the molecule is C=C/C=C\C(=C/C)C(Oc1c(CCC)cc(Cc2c(CCCC)nc(C)n(C(=C)/N=C\C(=C/C)OCCS(C)(=O)=O)c2=O)cc1CCC)C(=O)O.CC. The summed E-state index contributed by atoms with van der Waals surface area (Å²) in [6, 6.07) is 4.02. The highest BCUT2D eigenvalue weighted by atomic mass is 32.2. The zero-order valence-electron chi connectivity index (χ0n) is 33.3. The van der Waals surface area contributed by atoms with E-state index in [4.69, 9.17) is 14.5 Å². The predicted molar refractivity (Wildman–Crippen MR) is 219 cm³/mol. The highest BCUT2D eigenvalue weighted by Gasteiger charge is 2.26. The van der Waals surface area contributed by atoms with Crippen molar-refractivity contribution in [3.05, 3.63) is 111 Å². The highest BCUT2D eigenvalue weighted by molar-refractivity contribution is 7.90. The Hall–Kier alpha value is -4.51. The molecule has 11 heteroatoms. The average molecular weight is 752 g/mol. The van der Waals surface area contributed by atoms with Gasteiger partial charge in [-0.15, -0.1) is 0 Å². The Morgan fingerprint density at radius 2 is 1.68 bits per heavy atom. The minimum atomic E-state index is -3.19. The number of hydrogen-bond donors (Lipinski definition) is 1. The number of sulfone groups is 1. The first-order valence-electron chi connectivity index (χ1n) is 18.6. The van der Waals surface area contributed by atoms with Crippen LogP contribution in [0.15, 0.2) is 76.8 Å². The van der Waals surface area contributed by atoms with Gasteiger partial charge in [0.25, 0.3) is 5.56 Å². The maximum absolute atomic E-state index is 14.3. The summed E-state index contributed by atoms with van der Waals surface area (Å²) in [5.74, 6) is 0.267. The molecule has 0 amide bonds. The number of carboxylic acid groups (broad SMARTS) is 1. The van der Waals surface area contributed by atoms with Crippen molar-refractivity contribution in [2.24, 2.45) is 4.99 Å². The molecule has 53 heavy (non-hydrogen) atoms. The van der Waals surface area contributed by atoms with Gasteiger partial charge in [-0.1, -0.05) is 103 Å². The topological polar surface area (TPSA) is 137 Å². The summed E-state index contributed by atoms with van der Waals surface area (Å²) in [7, 11) is -3.19. The molecule has 0 aliphatic rings. The molecule has 1 aromatic carbocycles. The number of benzene rings is 1. The van der Waals surface area contributed by atoms with Crippen LogP contribution in [0.2, 0.25) is 0 Å². The van der Waals surface area contributed by atoms with E-state index in [0.717, 1.165) is 54.3 Å². The van der Waals surface area contributed by atoms with Crippen molar-refractivity contribution in [2.75, 3.05) is 18.6 Å². The number of carboxylic acids is 1. The Bertz CT molecular complexity index is 1810. The van der Waals surface area contributed by atoms with Crippen molar-refractivity contribution in [1.29, 1.82) is 0 Å². The zero-order chi connectivity index (χ0) is 40.1. The number of nitrogens with zero attached hydrogens (tertiary/aromatic N) is 3. The minimum absolute atomic E-state index is 0.0303. The second-order valence-corrected chi connectivity index (χ2v) is 14.6. The molecular formula is C42H61N3O7S. The van der Waals surface area contributed by atoms with Crippen molar-refractivity contribution in [2.45, 2.75) is 113 Å². The number of aromatic nitrogens is 2. The molecule has 1 heterocycles. The van der Waals surface area contributed by atoms with Crippen LogP contribution in [0, 0.1) is 6.92 Å². The minimum Gasteiger partial charge on any atom is -0.491 e. The fraction of sp³-hybridized carbons (Fsp3) is 0.476. The third-order valence-electron chi connectivity index (χ3n) is 8.05. The molecule has 1 atom stereocenters. The van der Waals surface area contributed by atoms with E-state index in [1.807, 2.05) is 26.0 Å². The van der Waals surface area contributed by atoms with Gasteiger partial charge in [0.2, 0.25) is 6.10 Å². The first kappa shape index (κ1) is 46.5. The van der Waals surface area contributed by atoms with Gasteiger partial charge in [0.05, 0.1) is 17.7 Å². The van der Waals surface area contributed by atoms with Crippen molar-refractivity contribution >= 4 is 27.8 Å². The number of rotatable bonds is 22. The maximum atomic E-state index is 14.3. The van der Waals surface area contributed by atoms with Gasteiger partial charge < -0.3 is 14.6 Å². The molecule has 0 aliphatic carbocycles. The first-order valence-corrected chi connectivity index (χ1v) is 20.6. The second kappa shape index (κ2) is 23.9. The lowest BCUT2D eigenvalue weighted by Gasteiger charge is -2.23. The molecule has 0 bridgehead atoms. The van der Waals surface area contributed by atoms with Crippen molar-refractivity contribution in [3.8, 4) is 5.75 Å². The molecule has 1 unspecified atom stereocenters. The van der Waals surface area contributed by atoms with E-state index in [-0.39, 0.29) is 23.7 Å². The van der Waals surface area contributed by atoms with E-state index in [1.165, 1.54) is 10.8 Å². The van der Waals surface area contributed by atoms with Gasteiger partial charge in [0, 0.05) is 18.2 Å². The molecule has 2 rings (SSSR count). The van der Waals surface area contributed by atoms with Crippen LogP contribution in [-0.2, 0) is 45.1 Å². The molecular weight excluding hydrogens is 691 g/mol. The number of allylic oxidation sites excluding steroid dienone is 5. The molecule has 0 spiro atoms. The summed E-state index contributed by atoms with van der Waals surface area (Å²) in [4.78, 5) is 36.0. The second-order valence-electron chi connectivity index (χ2n) is 12.3. The number of aliphatic carboxylic acids is 1. The first-order chi connectivity index (χ1) is 25.2. The molecule has 0 aliphatic heterocycles. The van der Waals surface area contributed by atoms with E-state index in [0.29, 0.717) is 54.2 Å². The lowest BCUT2D eigenvalue weighted by molar-refractivity contribution is -0.143. The Morgan fingerprint density at radius 3 is 2.17 bits per heavy atom. The summed E-state index contributed by atoms with van der Waals surface area (Å²) >= 11 is 0. The fourth-order valence-electron chi connectivity index (χ4n) is 5.54. The van der Waals surface area contributed by atoms with Crippen molar-refractivity contribution in [3.63, 3.8) is 0 Å². The van der Waals surface area contributed by atoms with Gasteiger partial charge in [0.15, 0.2) is 9.84 Å². The van der Waals surface area contributed by atoms with E-state index in [2.05, 4.69) is 38.9 Å². The number of ether oxygens (including phenoxy) is 2. The van der Waals surface area contributed by atoms with E-state index in [1.54, 1.807) is 51.2 Å². The predicted octanol–water partition coefficient (Wildman–Crippen LogP) is 8.40. The number of aliphatic imine (C=N–C) groups is 1. The molecule has 292 valence electrons. The Morgan fingerprint density at radius 1 is 1.06 bits per heavy atom. The third kappa shape index (κ3) is 14.8. The number of aryl methyl sites for hydroxylation is 4. The van der Waals surface area contributed by atoms with Crippen LogP contribution in [0.1, 0.15) is 108 Å². The lowest BCUT2D eigenvalue weighted by Crippen LogP contribution is -2.30. The summed E-state index contributed by atoms with van der Waals surface area (Å²) < 4.78 is 36.3. The van der Waals surface area contributed by atoms with Crippen LogP contribution in [0.4, 0.5) is 0 Å². The van der Waals surface area contributed by atoms with Crippen molar-refractivity contribution < 1.29 is 27.8 Å². The summed E-state index contributed by atoms with van der Waals surface area (Å²) in [5, 5.41) is 10.2. The maximum Gasteiger partial charge on any atom is 0.349 e. The number of unbranched alkanes of at least 4 members (excludes halogenated alkanes) is 1. The average Bonchev–Trinajstić information content (AvgIpc) is 3.11. The molecule has 0 saturated heterocycles. The monoisotopic (exact) mass is 751 g/mol. The van der Waals surface area contributed by atoms with Crippen molar-refractivity contribution in [1.82, 2.24) is 9.55 Å². The summed E-state index contributed by atoms with van der Waals surface area (Å²) in [6.45, 7) is 23.2. The van der Waals surface area contributed by atoms with E-state index >= 15 is 0 Å². The number of hydrogen-bond acceptors (Lipinski definition) is 8. The molecule has 0 radical (unpaired) electrons. The Labute approximate surface area is 317 Å². The molecule has 0 saturated carbocycles. The van der Waals surface area contributed by atoms with E-state index < -0.39 is 21.9 Å². The van der Waals surface area contributed by atoms with Gasteiger partial charge in [-0.25, -0.2) is 27.8 Å². The highest BCUT2D eigenvalue weighted by Crippen LogP contribution is 2.32. The summed E-state index contributed by atoms with van der Waals surface area (Å²) in [6.07, 6.45) is 15.3. The van der Waals surface area contributed by atoms with E-state index in [9.17, 15) is 23.1 Å². The lowest BCUT2D eigenvalue weighted by atomic mass is 9.94. The van der Waals surface area contributed by atoms with Gasteiger partial charge in [-0.05, 0) is 74.8 Å². The fourth-order valence-corrected chi connectivity index (χ4v) is 5.93. The van der Waals surface area contributed by atoms with Gasteiger partial charge in [0.1, 0.15) is 29.8 Å². The van der Waals surface area contributed by atoms with Crippen LogP contribution in [0.5, 0.6) is 5.75 Å². The van der Waals surface area contributed by atoms with Crippen LogP contribution >= 0.6 is 0 Å². The Kier molecular flexibility index (Phi) is 21.0. The molecule has 0 fully saturated rings. The van der Waals surface area contributed by atoms with Crippen LogP contribution in [0.3, 0.4) is 0 Å². The standard InChI is InChI=1S/C40H55N3O7S.C2H6/c1-10-16-20-31(14-5)38(40(45)46)50-37-32(18-12-3)24-30(25-33(37)19-13-4)26-35-36(21-17-11-2)42-29(8)43(39(35)44)28(7)41-27-34(15-6)49-22-23-51(9,47)48;1-2/h10,14-16,20,24-25,27,38H,1,7,11-13,17-19,21-23,26H2,2-6,8-9H3,(H,45,46);1-2H3/b20-16-,31-14+,34-15+,41-27-;. The molecule has 1 N–H and O–H groups in total. The number of carbonyl (C=O) groups is 1. The van der Waals surface area contributed by atoms with Gasteiger partial charge in [-0.3, -0.25) is 4.79 Å². The summed E-state index contributed by atoms with van der Waals surface area (Å²) in [5.41, 5.74) is 4.15. The molecule has 10 nitrogen and oxygen atoms in total. The Balaban J connectivity index is 0.00000690. The van der Waals surface area contributed by atoms with Crippen LogP contribution in [0.25, 0.3) is 5.82 Å². The normalized spacial score (nSPS) is 12.8. The van der Waals surface area contributed by atoms with Gasteiger partial charge >= 0.3 is 5.97 Å². The molecule has 1 aromatic heterocycles. The third-order valence-corrected chi connectivity index (χ3v) is 8.95. The van der Waals surface area contributed by atoms with Crippen LogP contribution < -0.4 is 10.3 Å². The van der Waals surface area contributed by atoms with Gasteiger partial charge in [-0.2, -0.15) is 0 Å². The largest absolute Gasteiger partial charge is 0.491 e. The molecule has 2 aromatic rings. The zero-order valence-corrected chi connectivity index (χ0v) is 34.1. The smallest absolute Gasteiger partial charge is 0.349 e.